The molecule has 96 valence electrons. The summed E-state index contributed by atoms with van der Waals surface area (Å²) in [6.45, 7) is 0. The highest BCUT2D eigenvalue weighted by Crippen LogP contribution is 2.37. The number of para-hydroxylation sites is 2. The third kappa shape index (κ3) is 1.44. The average molecular weight is 283 g/mol. The largest absolute Gasteiger partial charge is 0.504 e. The summed E-state index contributed by atoms with van der Waals surface area (Å²) in [5.41, 5.74) is 3.24. The Kier molecular flexibility index (Phi) is 2.25. The average Bonchev–Trinajstić information content (AvgIpc) is 2.51. The number of aromatic nitrogens is 4. The molecule has 0 spiro atoms. The SMILES string of the molecule is Oc1c(Cl)c2nc3ccccc3nc2c2nccnc12. The van der Waals surface area contributed by atoms with Crippen molar-refractivity contribution in [1.82, 2.24) is 19.9 Å². The Hall–Kier alpha value is -2.53. The van der Waals surface area contributed by atoms with Gasteiger partial charge >= 0.3 is 0 Å². The van der Waals surface area contributed by atoms with Crippen LogP contribution in [0.3, 0.4) is 0 Å². The Morgan fingerprint density at radius 1 is 0.800 bits per heavy atom. The van der Waals surface area contributed by atoms with Gasteiger partial charge in [0.15, 0.2) is 5.75 Å². The molecule has 0 saturated heterocycles. The van der Waals surface area contributed by atoms with E-state index in [0.717, 1.165) is 5.52 Å². The van der Waals surface area contributed by atoms with E-state index in [4.69, 9.17) is 11.6 Å². The van der Waals surface area contributed by atoms with Gasteiger partial charge in [-0.05, 0) is 12.1 Å². The summed E-state index contributed by atoms with van der Waals surface area (Å²) < 4.78 is 0. The first-order chi connectivity index (χ1) is 9.75. The lowest BCUT2D eigenvalue weighted by Gasteiger charge is -2.07. The molecule has 4 rings (SSSR count). The van der Waals surface area contributed by atoms with Gasteiger partial charge in [-0.15, -0.1) is 0 Å². The van der Waals surface area contributed by atoms with Gasteiger partial charge in [-0.1, -0.05) is 23.7 Å². The molecule has 0 amide bonds. The highest BCUT2D eigenvalue weighted by molar-refractivity contribution is 6.38. The van der Waals surface area contributed by atoms with E-state index in [0.29, 0.717) is 27.6 Å². The van der Waals surface area contributed by atoms with E-state index < -0.39 is 0 Å². The lowest BCUT2D eigenvalue weighted by atomic mass is 10.2. The number of fused-ring (bicyclic) bond motifs is 4. The highest BCUT2D eigenvalue weighted by atomic mass is 35.5. The van der Waals surface area contributed by atoms with Gasteiger partial charge in [-0.3, -0.25) is 4.98 Å². The minimum atomic E-state index is -0.119. The van der Waals surface area contributed by atoms with Crippen LogP contribution in [0.15, 0.2) is 36.7 Å². The Labute approximate surface area is 117 Å². The quantitative estimate of drug-likeness (QED) is 0.396. The Morgan fingerprint density at radius 2 is 1.40 bits per heavy atom. The molecule has 20 heavy (non-hydrogen) atoms. The maximum absolute atomic E-state index is 10.1. The molecule has 0 atom stereocenters. The zero-order chi connectivity index (χ0) is 13.7. The number of halogens is 1. The molecule has 0 aliphatic carbocycles. The molecule has 0 saturated carbocycles. The van der Waals surface area contributed by atoms with Crippen molar-refractivity contribution in [2.45, 2.75) is 0 Å². The number of rotatable bonds is 0. The number of hydrogen-bond donors (Lipinski definition) is 1. The van der Waals surface area contributed by atoms with Gasteiger partial charge in [0.25, 0.3) is 0 Å². The van der Waals surface area contributed by atoms with Gasteiger partial charge < -0.3 is 5.11 Å². The zero-order valence-corrected chi connectivity index (χ0v) is 10.8. The van der Waals surface area contributed by atoms with Crippen LogP contribution < -0.4 is 0 Å². The Morgan fingerprint density at radius 3 is 2.10 bits per heavy atom. The van der Waals surface area contributed by atoms with E-state index in [9.17, 15) is 5.11 Å². The molecule has 0 aliphatic heterocycles. The molecule has 2 aromatic heterocycles. The first-order valence-electron chi connectivity index (χ1n) is 5.93. The molecule has 0 fully saturated rings. The van der Waals surface area contributed by atoms with Crippen molar-refractivity contribution in [2.75, 3.05) is 0 Å². The minimum Gasteiger partial charge on any atom is -0.504 e. The second-order valence-corrected chi connectivity index (χ2v) is 4.70. The first kappa shape index (κ1) is 11.3. The fraction of sp³-hybridized carbons (Fsp3) is 0. The second-order valence-electron chi connectivity index (χ2n) is 4.33. The van der Waals surface area contributed by atoms with Crippen molar-refractivity contribution in [3.05, 3.63) is 41.7 Å². The van der Waals surface area contributed by atoms with Gasteiger partial charge in [0.05, 0.1) is 11.0 Å². The van der Waals surface area contributed by atoms with Gasteiger partial charge in [-0.2, -0.15) is 0 Å². The summed E-state index contributed by atoms with van der Waals surface area (Å²) in [6.07, 6.45) is 3.05. The molecule has 5 nitrogen and oxygen atoms in total. The van der Waals surface area contributed by atoms with Crippen LogP contribution in [-0.2, 0) is 0 Å². The molecule has 0 radical (unpaired) electrons. The summed E-state index contributed by atoms with van der Waals surface area (Å²) in [7, 11) is 0. The van der Waals surface area contributed by atoms with Crippen molar-refractivity contribution in [1.29, 1.82) is 0 Å². The van der Waals surface area contributed by atoms with Crippen molar-refractivity contribution in [3.8, 4) is 5.75 Å². The first-order valence-corrected chi connectivity index (χ1v) is 6.31. The summed E-state index contributed by atoms with van der Waals surface area (Å²) in [5.74, 6) is -0.119. The molecular formula is C14H7ClN4O. The summed E-state index contributed by atoms with van der Waals surface area (Å²) >= 11 is 6.19. The molecule has 0 aliphatic rings. The van der Waals surface area contributed by atoms with E-state index in [1.165, 1.54) is 6.20 Å². The van der Waals surface area contributed by atoms with E-state index in [1.807, 2.05) is 24.3 Å². The van der Waals surface area contributed by atoms with Crippen LogP contribution in [0.2, 0.25) is 5.02 Å². The molecular weight excluding hydrogens is 276 g/mol. The topological polar surface area (TPSA) is 71.8 Å². The fourth-order valence-electron chi connectivity index (χ4n) is 2.22. The molecule has 1 N–H and O–H groups in total. The summed E-state index contributed by atoms with van der Waals surface area (Å²) in [6, 6.07) is 7.47. The predicted octanol–water partition coefficient (Wildman–Crippen LogP) is 3.09. The molecule has 2 aromatic carbocycles. The van der Waals surface area contributed by atoms with E-state index in [2.05, 4.69) is 19.9 Å². The smallest absolute Gasteiger partial charge is 0.164 e. The van der Waals surface area contributed by atoms with E-state index in [1.54, 1.807) is 6.20 Å². The Bertz CT molecular complexity index is 987. The minimum absolute atomic E-state index is 0.119. The van der Waals surface area contributed by atoms with Crippen LogP contribution in [-0.4, -0.2) is 25.0 Å². The number of hydrogen-bond acceptors (Lipinski definition) is 5. The van der Waals surface area contributed by atoms with Gasteiger partial charge in [0.2, 0.25) is 0 Å². The number of nitrogens with zero attached hydrogens (tertiary/aromatic N) is 4. The monoisotopic (exact) mass is 282 g/mol. The number of benzene rings is 2. The van der Waals surface area contributed by atoms with Gasteiger partial charge in [-0.25, -0.2) is 15.0 Å². The molecule has 2 heterocycles. The molecule has 0 unspecified atom stereocenters. The lowest BCUT2D eigenvalue weighted by molar-refractivity contribution is 0.481. The van der Waals surface area contributed by atoms with Crippen LogP contribution in [0.4, 0.5) is 0 Å². The van der Waals surface area contributed by atoms with E-state index >= 15 is 0 Å². The third-order valence-electron chi connectivity index (χ3n) is 3.13. The molecule has 4 aromatic rings. The summed E-state index contributed by atoms with van der Waals surface area (Å²) in [5, 5.41) is 10.3. The fourth-order valence-corrected chi connectivity index (χ4v) is 2.44. The van der Waals surface area contributed by atoms with E-state index in [-0.39, 0.29) is 10.8 Å². The number of aromatic hydroxyl groups is 1. The van der Waals surface area contributed by atoms with Gasteiger partial charge in [0, 0.05) is 12.4 Å². The highest BCUT2D eigenvalue weighted by Gasteiger charge is 2.17. The molecule has 6 heteroatoms. The molecule has 0 bridgehead atoms. The maximum Gasteiger partial charge on any atom is 0.164 e. The second kappa shape index (κ2) is 3.98. The van der Waals surface area contributed by atoms with Gasteiger partial charge in [0.1, 0.15) is 27.1 Å². The standard InChI is InChI=1S/C14H7ClN4O/c15-9-10-12(11-13(14(9)20)17-6-5-16-11)19-8-4-2-1-3-7(8)18-10/h1-6,20H. The zero-order valence-electron chi connectivity index (χ0n) is 10.1. The van der Waals surface area contributed by atoms with Crippen LogP contribution in [0, 0.1) is 0 Å². The van der Waals surface area contributed by atoms with Crippen molar-refractivity contribution in [3.63, 3.8) is 0 Å². The van der Waals surface area contributed by atoms with Crippen molar-refractivity contribution in [2.24, 2.45) is 0 Å². The lowest BCUT2D eigenvalue weighted by Crippen LogP contribution is -1.93. The maximum atomic E-state index is 10.1. The summed E-state index contributed by atoms with van der Waals surface area (Å²) in [4.78, 5) is 17.4. The number of phenols is 1. The third-order valence-corrected chi connectivity index (χ3v) is 3.49. The predicted molar refractivity (Wildman–Crippen MR) is 76.8 cm³/mol. The Balaban J connectivity index is 2.33. The van der Waals surface area contributed by atoms with Crippen LogP contribution >= 0.6 is 11.6 Å². The number of phenolic OH excluding ortho intramolecular Hbond substituents is 1. The van der Waals surface area contributed by atoms with Crippen LogP contribution in [0.5, 0.6) is 5.75 Å². The van der Waals surface area contributed by atoms with Crippen LogP contribution in [0.1, 0.15) is 0 Å². The van der Waals surface area contributed by atoms with Crippen molar-refractivity contribution < 1.29 is 5.11 Å². The van der Waals surface area contributed by atoms with Crippen molar-refractivity contribution >= 4 is 44.7 Å². The van der Waals surface area contributed by atoms with Crippen LogP contribution in [0.25, 0.3) is 33.1 Å². The normalized spacial score (nSPS) is 11.4.